The molecule has 2 fully saturated rings. The number of carbonyl (C=O) groups is 2. The molecule has 24 heavy (non-hydrogen) atoms. The van der Waals surface area contributed by atoms with Gasteiger partial charge in [0, 0.05) is 24.7 Å². The summed E-state index contributed by atoms with van der Waals surface area (Å²) in [6, 6.07) is 5.22. The smallest absolute Gasteiger partial charge is 0.252 e. The third kappa shape index (κ3) is 3.42. The number of benzene rings is 1. The Balaban J connectivity index is 1.70. The van der Waals surface area contributed by atoms with Crippen LogP contribution in [-0.2, 0) is 4.79 Å². The molecule has 4 N–H and O–H groups in total. The highest BCUT2D eigenvalue weighted by Gasteiger charge is 2.40. The summed E-state index contributed by atoms with van der Waals surface area (Å²) in [5.74, 6) is 0.664. The average molecular weight is 350 g/mol. The SMILES string of the molecule is CNC(=O)c1cc(NC(=O)C2CC3CCCC(C2)C3N)ccc1Cl. The van der Waals surface area contributed by atoms with Crippen LogP contribution >= 0.6 is 11.6 Å². The summed E-state index contributed by atoms with van der Waals surface area (Å²) in [6.45, 7) is 0. The molecule has 2 aliphatic carbocycles. The second kappa shape index (κ2) is 7.11. The Morgan fingerprint density at radius 2 is 1.88 bits per heavy atom. The number of amides is 2. The van der Waals surface area contributed by atoms with Crippen LogP contribution in [0.4, 0.5) is 5.69 Å². The van der Waals surface area contributed by atoms with Crippen molar-refractivity contribution in [2.45, 2.75) is 38.1 Å². The highest BCUT2D eigenvalue weighted by Crippen LogP contribution is 2.42. The van der Waals surface area contributed by atoms with Gasteiger partial charge in [-0.3, -0.25) is 9.59 Å². The molecule has 130 valence electrons. The van der Waals surface area contributed by atoms with Gasteiger partial charge in [0.2, 0.25) is 5.91 Å². The molecule has 2 bridgehead atoms. The topological polar surface area (TPSA) is 84.2 Å². The number of hydrogen-bond donors (Lipinski definition) is 3. The summed E-state index contributed by atoms with van der Waals surface area (Å²) in [6.07, 6.45) is 5.20. The molecule has 2 unspecified atom stereocenters. The van der Waals surface area contributed by atoms with Crippen molar-refractivity contribution in [2.75, 3.05) is 12.4 Å². The minimum atomic E-state index is -0.269. The van der Waals surface area contributed by atoms with E-state index in [-0.39, 0.29) is 23.8 Å². The van der Waals surface area contributed by atoms with Crippen molar-refractivity contribution in [3.8, 4) is 0 Å². The van der Waals surface area contributed by atoms with E-state index in [0.29, 0.717) is 28.1 Å². The van der Waals surface area contributed by atoms with Crippen molar-refractivity contribution in [1.29, 1.82) is 0 Å². The van der Waals surface area contributed by atoms with E-state index >= 15 is 0 Å². The summed E-state index contributed by atoms with van der Waals surface area (Å²) in [5.41, 5.74) is 7.25. The standard InChI is InChI=1S/C18H24ClN3O2/c1-21-18(24)14-9-13(5-6-15(14)19)22-17(23)12-7-10-3-2-4-11(8-12)16(10)20/h5-6,9-12,16H,2-4,7-8,20H2,1H3,(H,21,24)(H,22,23). The molecule has 1 aromatic rings. The summed E-state index contributed by atoms with van der Waals surface area (Å²) in [4.78, 5) is 24.5. The van der Waals surface area contributed by atoms with Gasteiger partial charge in [-0.05, 0) is 55.7 Å². The van der Waals surface area contributed by atoms with Crippen LogP contribution in [0.5, 0.6) is 0 Å². The van der Waals surface area contributed by atoms with E-state index in [9.17, 15) is 9.59 Å². The lowest BCUT2D eigenvalue weighted by Crippen LogP contribution is -2.48. The van der Waals surface area contributed by atoms with Crippen LogP contribution in [0.15, 0.2) is 18.2 Å². The number of halogens is 1. The Labute approximate surface area is 147 Å². The van der Waals surface area contributed by atoms with Gasteiger partial charge < -0.3 is 16.4 Å². The Morgan fingerprint density at radius 3 is 2.50 bits per heavy atom. The summed E-state index contributed by atoms with van der Waals surface area (Å²) < 4.78 is 0. The largest absolute Gasteiger partial charge is 0.355 e. The highest BCUT2D eigenvalue weighted by atomic mass is 35.5. The quantitative estimate of drug-likeness (QED) is 0.784. The lowest BCUT2D eigenvalue weighted by Gasteiger charge is -2.43. The minimum absolute atomic E-state index is 0.000713. The first-order valence-corrected chi connectivity index (χ1v) is 8.95. The van der Waals surface area contributed by atoms with Crippen LogP contribution in [0.1, 0.15) is 42.5 Å². The fourth-order valence-corrected chi connectivity index (χ4v) is 4.36. The van der Waals surface area contributed by atoms with Gasteiger partial charge in [0.05, 0.1) is 10.6 Å². The maximum Gasteiger partial charge on any atom is 0.252 e. The Morgan fingerprint density at radius 1 is 1.21 bits per heavy atom. The van der Waals surface area contributed by atoms with E-state index in [2.05, 4.69) is 10.6 Å². The highest BCUT2D eigenvalue weighted by molar-refractivity contribution is 6.34. The normalized spacial score (nSPS) is 29.0. The van der Waals surface area contributed by atoms with Crippen LogP contribution in [0.3, 0.4) is 0 Å². The third-order valence-electron chi connectivity index (χ3n) is 5.49. The Hall–Kier alpha value is -1.59. The van der Waals surface area contributed by atoms with Gasteiger partial charge >= 0.3 is 0 Å². The van der Waals surface area contributed by atoms with Crippen molar-refractivity contribution < 1.29 is 9.59 Å². The van der Waals surface area contributed by atoms with E-state index in [0.717, 1.165) is 25.7 Å². The van der Waals surface area contributed by atoms with Crippen LogP contribution in [0.25, 0.3) is 0 Å². The summed E-state index contributed by atoms with van der Waals surface area (Å²) >= 11 is 6.05. The second-order valence-electron chi connectivity index (χ2n) is 6.96. The molecule has 0 aliphatic heterocycles. The molecule has 0 saturated heterocycles. The molecule has 2 aliphatic rings. The first-order chi connectivity index (χ1) is 11.5. The zero-order chi connectivity index (χ0) is 17.3. The molecule has 2 saturated carbocycles. The molecule has 0 spiro atoms. The van der Waals surface area contributed by atoms with Gasteiger partial charge in [-0.2, -0.15) is 0 Å². The maximum atomic E-state index is 12.7. The van der Waals surface area contributed by atoms with E-state index in [1.807, 2.05) is 0 Å². The van der Waals surface area contributed by atoms with Crippen molar-refractivity contribution in [3.63, 3.8) is 0 Å². The maximum absolute atomic E-state index is 12.7. The van der Waals surface area contributed by atoms with Gasteiger partial charge in [-0.25, -0.2) is 0 Å². The van der Waals surface area contributed by atoms with Gasteiger partial charge in [0.25, 0.3) is 5.91 Å². The van der Waals surface area contributed by atoms with Crippen molar-refractivity contribution in [2.24, 2.45) is 23.5 Å². The molecule has 2 atom stereocenters. The summed E-state index contributed by atoms with van der Waals surface area (Å²) in [5, 5.41) is 5.86. The molecule has 2 amide bonds. The average Bonchev–Trinajstić information content (AvgIpc) is 2.55. The number of hydrogen-bond acceptors (Lipinski definition) is 3. The Bertz CT molecular complexity index is 635. The van der Waals surface area contributed by atoms with Gasteiger partial charge in [-0.1, -0.05) is 18.0 Å². The van der Waals surface area contributed by atoms with E-state index in [1.54, 1.807) is 25.2 Å². The monoisotopic (exact) mass is 349 g/mol. The van der Waals surface area contributed by atoms with Gasteiger partial charge in [-0.15, -0.1) is 0 Å². The molecule has 6 heteroatoms. The molecular formula is C18H24ClN3O2. The molecular weight excluding hydrogens is 326 g/mol. The van der Waals surface area contributed by atoms with E-state index in [4.69, 9.17) is 17.3 Å². The minimum Gasteiger partial charge on any atom is -0.355 e. The van der Waals surface area contributed by atoms with Crippen LogP contribution in [0, 0.1) is 17.8 Å². The van der Waals surface area contributed by atoms with Crippen molar-refractivity contribution >= 4 is 29.1 Å². The second-order valence-corrected chi connectivity index (χ2v) is 7.37. The van der Waals surface area contributed by atoms with Crippen molar-refractivity contribution in [3.05, 3.63) is 28.8 Å². The first-order valence-electron chi connectivity index (χ1n) is 8.57. The number of carbonyl (C=O) groups excluding carboxylic acids is 2. The summed E-state index contributed by atoms with van der Waals surface area (Å²) in [7, 11) is 1.55. The van der Waals surface area contributed by atoms with Crippen molar-refractivity contribution in [1.82, 2.24) is 5.32 Å². The number of nitrogens with one attached hydrogen (secondary N) is 2. The van der Waals surface area contributed by atoms with Crippen LogP contribution < -0.4 is 16.4 Å². The molecule has 5 nitrogen and oxygen atoms in total. The van der Waals surface area contributed by atoms with E-state index in [1.165, 1.54) is 6.42 Å². The van der Waals surface area contributed by atoms with E-state index < -0.39 is 0 Å². The fourth-order valence-electron chi connectivity index (χ4n) is 4.16. The van der Waals surface area contributed by atoms with Crippen LogP contribution in [0.2, 0.25) is 5.02 Å². The predicted molar refractivity (Wildman–Crippen MR) is 95.0 cm³/mol. The molecule has 0 heterocycles. The predicted octanol–water partition coefficient (Wildman–Crippen LogP) is 2.79. The number of nitrogens with two attached hydrogens (primary N) is 1. The number of fused-ring (bicyclic) bond motifs is 2. The third-order valence-corrected chi connectivity index (χ3v) is 5.82. The molecule has 0 aromatic heterocycles. The fraction of sp³-hybridized carbons (Fsp3) is 0.556. The molecule has 1 aromatic carbocycles. The molecule has 0 radical (unpaired) electrons. The number of rotatable bonds is 3. The van der Waals surface area contributed by atoms with Crippen LogP contribution in [-0.4, -0.2) is 24.9 Å². The van der Waals surface area contributed by atoms with Gasteiger partial charge in [0.15, 0.2) is 0 Å². The first kappa shape index (κ1) is 17.2. The molecule has 3 rings (SSSR count). The van der Waals surface area contributed by atoms with Gasteiger partial charge in [0.1, 0.15) is 0 Å². The number of anilines is 1. The lowest BCUT2D eigenvalue weighted by atomic mass is 9.65. The lowest BCUT2D eigenvalue weighted by molar-refractivity contribution is -0.122. The Kier molecular flexibility index (Phi) is 5.11. The zero-order valence-electron chi connectivity index (χ0n) is 13.8. The zero-order valence-corrected chi connectivity index (χ0v) is 14.6.